The zero-order valence-corrected chi connectivity index (χ0v) is 21.7. The van der Waals surface area contributed by atoms with Crippen molar-refractivity contribution in [1.82, 2.24) is 18.8 Å². The summed E-state index contributed by atoms with van der Waals surface area (Å²) < 4.78 is 72.0. The van der Waals surface area contributed by atoms with Crippen LogP contribution in [0.1, 0.15) is 44.2 Å². The fraction of sp³-hybridized carbons (Fsp3) is 0.625. The number of halogens is 3. The molecule has 1 aromatic rings. The molecule has 208 valence electrons. The summed E-state index contributed by atoms with van der Waals surface area (Å²) in [5.74, 6) is -2.89. The number of likely N-dealkylation sites (tertiary alicyclic amines) is 1. The highest BCUT2D eigenvalue weighted by molar-refractivity contribution is 7.86. The SMILES string of the molecule is C[C@@H](NC(=O)[C@H]1CCCN1C(=O)[C@H]1CCCN(S(=O)(=O)N2CC(C#N)C2)C1)c1ccc(F)cc1OC(F)F. The lowest BCUT2D eigenvalue weighted by molar-refractivity contribution is -0.142. The van der Waals surface area contributed by atoms with Gasteiger partial charge in [-0.2, -0.15) is 31.1 Å². The van der Waals surface area contributed by atoms with E-state index >= 15 is 0 Å². The third-order valence-corrected chi connectivity index (χ3v) is 9.21. The van der Waals surface area contributed by atoms with Gasteiger partial charge in [-0.25, -0.2) is 4.39 Å². The van der Waals surface area contributed by atoms with Crippen LogP contribution in [-0.2, 0) is 19.8 Å². The van der Waals surface area contributed by atoms with Crippen molar-refractivity contribution in [3.05, 3.63) is 29.6 Å². The maximum absolute atomic E-state index is 13.6. The Bertz CT molecular complexity index is 1200. The zero-order valence-electron chi connectivity index (χ0n) is 20.9. The molecule has 3 saturated heterocycles. The van der Waals surface area contributed by atoms with Gasteiger partial charge >= 0.3 is 6.61 Å². The Morgan fingerprint density at radius 2 is 1.84 bits per heavy atom. The fourth-order valence-corrected chi connectivity index (χ4v) is 7.01. The van der Waals surface area contributed by atoms with Gasteiger partial charge in [-0.05, 0) is 38.7 Å². The summed E-state index contributed by atoms with van der Waals surface area (Å²) in [7, 11) is -3.78. The van der Waals surface area contributed by atoms with Gasteiger partial charge in [0.05, 0.1) is 23.9 Å². The summed E-state index contributed by atoms with van der Waals surface area (Å²) in [5, 5.41) is 11.7. The van der Waals surface area contributed by atoms with Crippen LogP contribution in [0.5, 0.6) is 5.75 Å². The van der Waals surface area contributed by atoms with Crippen LogP contribution >= 0.6 is 0 Å². The van der Waals surface area contributed by atoms with E-state index in [2.05, 4.69) is 10.1 Å². The first kappa shape index (κ1) is 28.1. The number of carbonyl (C=O) groups is 2. The van der Waals surface area contributed by atoms with Crippen molar-refractivity contribution in [2.45, 2.75) is 51.3 Å². The van der Waals surface area contributed by atoms with Crippen molar-refractivity contribution in [2.24, 2.45) is 11.8 Å². The van der Waals surface area contributed by atoms with E-state index in [0.29, 0.717) is 32.2 Å². The molecule has 3 heterocycles. The van der Waals surface area contributed by atoms with Crippen LogP contribution in [0.25, 0.3) is 0 Å². The number of nitrogens with zero attached hydrogens (tertiary/aromatic N) is 4. The quantitative estimate of drug-likeness (QED) is 0.522. The van der Waals surface area contributed by atoms with Crippen LogP contribution in [0, 0.1) is 29.0 Å². The number of carbonyl (C=O) groups excluding carboxylic acids is 2. The van der Waals surface area contributed by atoms with Crippen molar-refractivity contribution < 1.29 is 35.9 Å². The van der Waals surface area contributed by atoms with Gasteiger partial charge < -0.3 is 15.0 Å². The molecule has 3 aliphatic heterocycles. The first-order chi connectivity index (χ1) is 18.0. The van der Waals surface area contributed by atoms with Crippen LogP contribution in [-0.4, -0.2) is 79.1 Å². The first-order valence-electron chi connectivity index (χ1n) is 12.5. The van der Waals surface area contributed by atoms with Crippen molar-refractivity contribution in [3.8, 4) is 11.8 Å². The summed E-state index contributed by atoms with van der Waals surface area (Å²) in [6.45, 7) is -0.740. The van der Waals surface area contributed by atoms with E-state index in [1.54, 1.807) is 6.92 Å². The van der Waals surface area contributed by atoms with Gasteiger partial charge in [0.1, 0.15) is 17.6 Å². The highest BCUT2D eigenvalue weighted by Crippen LogP contribution is 2.31. The minimum absolute atomic E-state index is 0.0000349. The van der Waals surface area contributed by atoms with Crippen LogP contribution in [0.2, 0.25) is 0 Å². The second-order valence-electron chi connectivity index (χ2n) is 9.83. The average Bonchev–Trinajstić information content (AvgIpc) is 3.32. The number of hydrogen-bond acceptors (Lipinski definition) is 6. The molecule has 0 aromatic heterocycles. The second kappa shape index (κ2) is 11.5. The average molecular weight is 558 g/mol. The van der Waals surface area contributed by atoms with Crippen molar-refractivity contribution in [3.63, 3.8) is 0 Å². The number of hydrogen-bond donors (Lipinski definition) is 1. The molecule has 0 spiro atoms. The highest BCUT2D eigenvalue weighted by atomic mass is 32.2. The maximum Gasteiger partial charge on any atom is 0.387 e. The molecule has 2 amide bonds. The predicted octanol–water partition coefficient (Wildman–Crippen LogP) is 2.01. The Kier molecular flexibility index (Phi) is 8.49. The normalized spacial score (nSPS) is 24.1. The van der Waals surface area contributed by atoms with Gasteiger partial charge in [-0.3, -0.25) is 9.59 Å². The Labute approximate surface area is 219 Å². The van der Waals surface area contributed by atoms with Gasteiger partial charge in [-0.1, -0.05) is 6.07 Å². The molecule has 0 saturated carbocycles. The number of alkyl halides is 2. The van der Waals surface area contributed by atoms with Gasteiger partial charge in [0.25, 0.3) is 10.2 Å². The van der Waals surface area contributed by atoms with Crippen LogP contribution in [0.4, 0.5) is 13.2 Å². The van der Waals surface area contributed by atoms with Gasteiger partial charge in [-0.15, -0.1) is 0 Å². The molecule has 14 heteroatoms. The lowest BCUT2D eigenvalue weighted by Crippen LogP contribution is -2.57. The molecular weight excluding hydrogens is 527 g/mol. The van der Waals surface area contributed by atoms with E-state index in [4.69, 9.17) is 5.26 Å². The molecule has 3 fully saturated rings. The van der Waals surface area contributed by atoms with E-state index in [1.807, 2.05) is 6.07 Å². The third kappa shape index (κ3) is 5.89. The summed E-state index contributed by atoms with van der Waals surface area (Å²) >= 11 is 0. The first-order valence-corrected chi connectivity index (χ1v) is 13.9. The summed E-state index contributed by atoms with van der Waals surface area (Å²) in [4.78, 5) is 28.0. The number of amides is 2. The second-order valence-corrected chi connectivity index (χ2v) is 11.8. The van der Waals surface area contributed by atoms with Crippen molar-refractivity contribution >= 4 is 22.0 Å². The van der Waals surface area contributed by atoms with Crippen LogP contribution < -0.4 is 10.1 Å². The smallest absolute Gasteiger partial charge is 0.387 e. The van der Waals surface area contributed by atoms with Crippen LogP contribution in [0.15, 0.2) is 18.2 Å². The lowest BCUT2D eigenvalue weighted by Gasteiger charge is -2.41. The monoisotopic (exact) mass is 557 g/mol. The van der Waals surface area contributed by atoms with Gasteiger partial charge in [0, 0.05) is 44.4 Å². The molecule has 1 aromatic carbocycles. The number of rotatable bonds is 8. The summed E-state index contributed by atoms with van der Waals surface area (Å²) in [6, 6.07) is 3.58. The minimum Gasteiger partial charge on any atom is -0.434 e. The number of nitriles is 1. The molecule has 10 nitrogen and oxygen atoms in total. The Morgan fingerprint density at radius 3 is 2.53 bits per heavy atom. The summed E-state index contributed by atoms with van der Waals surface area (Å²) in [6.07, 6.45) is 1.94. The fourth-order valence-electron chi connectivity index (χ4n) is 5.21. The molecule has 3 atom stereocenters. The molecule has 4 rings (SSSR count). The van der Waals surface area contributed by atoms with E-state index in [-0.39, 0.29) is 49.3 Å². The third-order valence-electron chi connectivity index (χ3n) is 7.27. The lowest BCUT2D eigenvalue weighted by atomic mass is 9.97. The number of ether oxygens (including phenoxy) is 1. The Hall–Kier alpha value is -2.89. The Morgan fingerprint density at radius 1 is 1.13 bits per heavy atom. The number of nitrogens with one attached hydrogen (secondary N) is 1. The van der Waals surface area contributed by atoms with Gasteiger partial charge in [0.15, 0.2) is 0 Å². The largest absolute Gasteiger partial charge is 0.434 e. The topological polar surface area (TPSA) is 123 Å². The van der Waals surface area contributed by atoms with Gasteiger partial charge in [0.2, 0.25) is 11.8 Å². The molecule has 0 bridgehead atoms. The summed E-state index contributed by atoms with van der Waals surface area (Å²) in [5.41, 5.74) is 0.161. The number of benzene rings is 1. The van der Waals surface area contributed by atoms with Crippen molar-refractivity contribution in [1.29, 1.82) is 5.26 Å². The molecule has 0 unspecified atom stereocenters. The number of piperidine rings is 1. The van der Waals surface area contributed by atoms with E-state index in [1.165, 1.54) is 19.6 Å². The van der Waals surface area contributed by atoms with E-state index < -0.39 is 46.5 Å². The molecule has 0 aliphatic carbocycles. The molecular formula is C24H30F3N5O5S. The molecule has 3 aliphatic rings. The maximum atomic E-state index is 13.6. The van der Waals surface area contributed by atoms with E-state index in [0.717, 1.165) is 12.1 Å². The predicted molar refractivity (Wildman–Crippen MR) is 128 cm³/mol. The standard InChI is InChI=1S/C24H30F3N5O5S/c1-15(19-7-6-18(25)10-21(19)37-24(26)27)29-22(33)20-5-3-9-32(20)23(34)17-4-2-8-30(14-17)38(35,36)31-12-16(11-28)13-31/h6-7,10,15-17,20,24H,2-5,8-9,12-14H2,1H3,(H,29,33)/t15-,17+,20-/m1/s1. The highest BCUT2D eigenvalue weighted by Gasteiger charge is 2.44. The molecule has 38 heavy (non-hydrogen) atoms. The Balaban J connectivity index is 1.40. The minimum atomic E-state index is -3.78. The van der Waals surface area contributed by atoms with Crippen LogP contribution in [0.3, 0.4) is 0 Å². The van der Waals surface area contributed by atoms with Crippen molar-refractivity contribution in [2.75, 3.05) is 32.7 Å². The van der Waals surface area contributed by atoms with E-state index in [9.17, 15) is 31.2 Å². The zero-order chi connectivity index (χ0) is 27.6. The molecule has 1 N–H and O–H groups in total. The molecule has 0 radical (unpaired) electrons.